The fourth-order valence-corrected chi connectivity index (χ4v) is 3.69. The number of halogens is 2. The lowest BCUT2D eigenvalue weighted by molar-refractivity contribution is -0.133. The van der Waals surface area contributed by atoms with E-state index < -0.39 is 6.43 Å². The van der Waals surface area contributed by atoms with Gasteiger partial charge in [-0.2, -0.15) is 5.10 Å². The summed E-state index contributed by atoms with van der Waals surface area (Å²) in [4.78, 5) is 22.2. The number of piperidine rings is 1. The zero-order valence-electron chi connectivity index (χ0n) is 15.0. The molecule has 1 N–H and O–H groups in total. The molecule has 1 saturated heterocycles. The molecular formula is C19H21F2N5O. The predicted octanol–water partition coefficient (Wildman–Crippen LogP) is 3.41. The van der Waals surface area contributed by atoms with Crippen LogP contribution in [0.5, 0.6) is 0 Å². The van der Waals surface area contributed by atoms with Crippen molar-refractivity contribution in [3.8, 4) is 0 Å². The molecule has 6 nitrogen and oxygen atoms in total. The number of nitrogens with zero attached hydrogens (tertiary/aromatic N) is 4. The Labute approximate surface area is 155 Å². The monoisotopic (exact) mass is 373 g/mol. The number of alkyl halides is 2. The van der Waals surface area contributed by atoms with E-state index in [1.54, 1.807) is 18.0 Å². The molecule has 0 aromatic carbocycles. The number of pyridine rings is 1. The highest BCUT2D eigenvalue weighted by atomic mass is 19.3. The summed E-state index contributed by atoms with van der Waals surface area (Å²) < 4.78 is 27.0. The molecule has 142 valence electrons. The van der Waals surface area contributed by atoms with E-state index in [0.29, 0.717) is 18.8 Å². The third-order valence-corrected chi connectivity index (χ3v) is 5.14. The van der Waals surface area contributed by atoms with E-state index in [0.717, 1.165) is 29.6 Å². The maximum absolute atomic E-state index is 12.8. The lowest BCUT2D eigenvalue weighted by Gasteiger charge is -2.32. The maximum Gasteiger partial charge on any atom is 0.282 e. The van der Waals surface area contributed by atoms with Crippen molar-refractivity contribution in [3.05, 3.63) is 47.5 Å². The number of fused-ring (bicyclic) bond motifs is 1. The number of hydrogen-bond acceptors (Lipinski definition) is 3. The Hall–Kier alpha value is -2.77. The van der Waals surface area contributed by atoms with E-state index in [2.05, 4.69) is 21.1 Å². The number of H-pyrrole nitrogens is 1. The van der Waals surface area contributed by atoms with Crippen molar-refractivity contribution >= 4 is 16.9 Å². The largest absolute Gasteiger partial charge is 0.343 e. The summed E-state index contributed by atoms with van der Waals surface area (Å²) in [5.41, 5.74) is 2.20. The van der Waals surface area contributed by atoms with Crippen molar-refractivity contribution in [3.63, 3.8) is 0 Å². The Morgan fingerprint density at radius 3 is 3.00 bits per heavy atom. The topological polar surface area (TPSA) is 66.8 Å². The Balaban J connectivity index is 1.46. The zero-order valence-corrected chi connectivity index (χ0v) is 15.0. The van der Waals surface area contributed by atoms with Crippen LogP contribution in [0.4, 0.5) is 8.78 Å². The predicted molar refractivity (Wildman–Crippen MR) is 96.6 cm³/mol. The number of aryl methyl sites for hydroxylation is 1. The second-order valence-corrected chi connectivity index (χ2v) is 7.01. The summed E-state index contributed by atoms with van der Waals surface area (Å²) in [5, 5.41) is 4.91. The summed E-state index contributed by atoms with van der Waals surface area (Å²) >= 11 is 0. The van der Waals surface area contributed by atoms with Crippen molar-refractivity contribution in [2.75, 3.05) is 13.1 Å². The molecule has 0 radical (unpaired) electrons. The van der Waals surface area contributed by atoms with Crippen LogP contribution >= 0.6 is 0 Å². The first-order chi connectivity index (χ1) is 13.0. The van der Waals surface area contributed by atoms with Crippen molar-refractivity contribution in [1.82, 2.24) is 24.6 Å². The van der Waals surface area contributed by atoms with Crippen LogP contribution in [0, 0.1) is 6.92 Å². The molecule has 1 aliphatic heterocycles. The minimum Gasteiger partial charge on any atom is -0.343 e. The Kier molecular flexibility index (Phi) is 4.63. The van der Waals surface area contributed by atoms with Crippen LogP contribution in [-0.2, 0) is 11.3 Å². The fourth-order valence-electron chi connectivity index (χ4n) is 3.69. The molecule has 1 amide bonds. The highest BCUT2D eigenvalue weighted by molar-refractivity contribution is 5.77. The third-order valence-electron chi connectivity index (χ3n) is 5.14. The van der Waals surface area contributed by atoms with Gasteiger partial charge in [-0.25, -0.2) is 13.8 Å². The Morgan fingerprint density at radius 1 is 1.41 bits per heavy atom. The van der Waals surface area contributed by atoms with Crippen LogP contribution < -0.4 is 0 Å². The van der Waals surface area contributed by atoms with Crippen LogP contribution in [-0.4, -0.2) is 43.6 Å². The van der Waals surface area contributed by atoms with E-state index in [4.69, 9.17) is 0 Å². The van der Waals surface area contributed by atoms with Gasteiger partial charge in [0.2, 0.25) is 5.91 Å². The molecule has 1 aliphatic rings. The van der Waals surface area contributed by atoms with Crippen molar-refractivity contribution in [2.45, 2.75) is 38.7 Å². The molecule has 0 saturated carbocycles. The van der Waals surface area contributed by atoms with Crippen LogP contribution in [0.25, 0.3) is 11.0 Å². The average molecular weight is 373 g/mol. The van der Waals surface area contributed by atoms with Gasteiger partial charge in [0.25, 0.3) is 6.43 Å². The van der Waals surface area contributed by atoms with E-state index in [1.807, 2.05) is 12.1 Å². The second kappa shape index (κ2) is 7.09. The van der Waals surface area contributed by atoms with Crippen LogP contribution in [0.15, 0.2) is 30.5 Å². The molecule has 1 unspecified atom stereocenters. The molecule has 0 aliphatic carbocycles. The number of aromatic nitrogens is 4. The van der Waals surface area contributed by atoms with Gasteiger partial charge in [-0.3, -0.25) is 9.48 Å². The SMILES string of the molecule is Cc1cc(C(F)F)nn1CC(=O)N1CCCC(c2cc3cccnc3[nH]2)C1. The van der Waals surface area contributed by atoms with E-state index in [-0.39, 0.29) is 24.1 Å². The number of nitrogens with one attached hydrogen (secondary N) is 1. The molecule has 3 aromatic rings. The smallest absolute Gasteiger partial charge is 0.282 e. The van der Waals surface area contributed by atoms with Gasteiger partial charge in [-0.1, -0.05) is 0 Å². The summed E-state index contributed by atoms with van der Waals surface area (Å²) in [6.07, 6.45) is 1.02. The maximum atomic E-state index is 12.8. The fraction of sp³-hybridized carbons (Fsp3) is 0.421. The molecule has 4 heterocycles. The molecular weight excluding hydrogens is 352 g/mol. The quantitative estimate of drug-likeness (QED) is 0.762. The number of rotatable bonds is 4. The molecule has 1 fully saturated rings. The van der Waals surface area contributed by atoms with Gasteiger partial charge in [-0.15, -0.1) is 0 Å². The molecule has 27 heavy (non-hydrogen) atoms. The standard InChI is InChI=1S/C19H21F2N5O/c1-12-8-16(18(20)21)24-26(12)11-17(27)25-7-3-5-14(10-25)15-9-13-4-2-6-22-19(13)23-15/h2,4,6,8-9,14,18H,3,5,7,10-11H2,1H3,(H,22,23). The number of hydrogen-bond donors (Lipinski definition) is 1. The van der Waals surface area contributed by atoms with Crippen molar-refractivity contribution in [2.24, 2.45) is 0 Å². The molecule has 8 heteroatoms. The summed E-state index contributed by atoms with van der Waals surface area (Å²) in [6, 6.07) is 7.33. The van der Waals surface area contributed by atoms with Gasteiger partial charge in [0.15, 0.2) is 0 Å². The van der Waals surface area contributed by atoms with Gasteiger partial charge >= 0.3 is 0 Å². The lowest BCUT2D eigenvalue weighted by atomic mass is 9.94. The minimum atomic E-state index is -2.63. The average Bonchev–Trinajstić information content (AvgIpc) is 3.26. The van der Waals surface area contributed by atoms with Crippen LogP contribution in [0.3, 0.4) is 0 Å². The van der Waals surface area contributed by atoms with Crippen molar-refractivity contribution < 1.29 is 13.6 Å². The first-order valence-corrected chi connectivity index (χ1v) is 9.05. The van der Waals surface area contributed by atoms with E-state index in [9.17, 15) is 13.6 Å². The van der Waals surface area contributed by atoms with Gasteiger partial charge in [0.1, 0.15) is 17.9 Å². The van der Waals surface area contributed by atoms with Gasteiger partial charge in [-0.05, 0) is 44.0 Å². The number of aromatic amines is 1. The number of carbonyl (C=O) groups excluding carboxylic acids is 1. The number of amides is 1. The zero-order chi connectivity index (χ0) is 19.0. The normalized spacial score (nSPS) is 17.8. The highest BCUT2D eigenvalue weighted by Crippen LogP contribution is 2.28. The first kappa shape index (κ1) is 17.6. The molecule has 1 atom stereocenters. The van der Waals surface area contributed by atoms with Gasteiger partial charge in [0, 0.05) is 42.0 Å². The van der Waals surface area contributed by atoms with Crippen LogP contribution in [0.1, 0.15) is 42.3 Å². The summed E-state index contributed by atoms with van der Waals surface area (Å²) in [6.45, 7) is 2.95. The minimum absolute atomic E-state index is 0.0144. The number of carbonyl (C=O) groups is 1. The highest BCUT2D eigenvalue weighted by Gasteiger charge is 2.26. The summed E-state index contributed by atoms with van der Waals surface area (Å²) in [5.74, 6) is 0.119. The van der Waals surface area contributed by atoms with Crippen LogP contribution in [0.2, 0.25) is 0 Å². The molecule has 3 aromatic heterocycles. The summed E-state index contributed by atoms with van der Waals surface area (Å²) in [7, 11) is 0. The van der Waals surface area contributed by atoms with Gasteiger partial charge < -0.3 is 9.88 Å². The van der Waals surface area contributed by atoms with E-state index in [1.165, 1.54) is 10.7 Å². The van der Waals surface area contributed by atoms with E-state index >= 15 is 0 Å². The molecule has 4 rings (SSSR count). The third kappa shape index (κ3) is 3.56. The van der Waals surface area contributed by atoms with Gasteiger partial charge in [0.05, 0.1) is 0 Å². The van der Waals surface area contributed by atoms with Crippen molar-refractivity contribution in [1.29, 1.82) is 0 Å². The first-order valence-electron chi connectivity index (χ1n) is 9.05. The molecule has 0 spiro atoms. The Morgan fingerprint density at radius 2 is 2.26 bits per heavy atom. The lowest BCUT2D eigenvalue weighted by Crippen LogP contribution is -2.41. The number of likely N-dealkylation sites (tertiary alicyclic amines) is 1. The Bertz CT molecular complexity index is 931. The second-order valence-electron chi connectivity index (χ2n) is 7.01. The molecule has 0 bridgehead atoms.